The summed E-state index contributed by atoms with van der Waals surface area (Å²) in [6.45, 7) is 13.3. The summed E-state index contributed by atoms with van der Waals surface area (Å²) in [5.41, 5.74) is -0.516. The Bertz CT molecular complexity index is 700. The molecule has 27 heavy (non-hydrogen) atoms. The zero-order valence-corrected chi connectivity index (χ0v) is 17.5. The number of esters is 1. The molecule has 0 atom stereocenters. The van der Waals surface area contributed by atoms with Crippen LogP contribution in [0.5, 0.6) is 0 Å². The van der Waals surface area contributed by atoms with Gasteiger partial charge in [0.05, 0.1) is 18.3 Å². The number of rotatable bonds is 4. The SMILES string of the molecule is COC(=O)c1cc(CCB2OC(C)(C)C(C)(C)O2)cn1C(=O)OC(C)(C)C. The van der Waals surface area contributed by atoms with E-state index in [1.165, 1.54) is 11.7 Å². The predicted octanol–water partition coefficient (Wildman–Crippen LogP) is 3.69. The number of ether oxygens (including phenoxy) is 2. The maximum Gasteiger partial charge on any atom is 0.458 e. The van der Waals surface area contributed by atoms with Crippen molar-refractivity contribution in [1.82, 2.24) is 4.57 Å². The van der Waals surface area contributed by atoms with E-state index in [9.17, 15) is 9.59 Å². The Kier molecular flexibility index (Phi) is 5.83. The van der Waals surface area contributed by atoms with Crippen molar-refractivity contribution in [3.63, 3.8) is 0 Å². The molecule has 0 unspecified atom stereocenters. The van der Waals surface area contributed by atoms with Gasteiger partial charge in [-0.25, -0.2) is 14.2 Å². The zero-order chi connectivity index (χ0) is 20.6. The van der Waals surface area contributed by atoms with Gasteiger partial charge in [0.15, 0.2) is 0 Å². The molecule has 0 saturated carbocycles. The van der Waals surface area contributed by atoms with E-state index < -0.39 is 28.9 Å². The second-order valence-electron chi connectivity index (χ2n) is 8.80. The van der Waals surface area contributed by atoms with E-state index in [4.69, 9.17) is 18.8 Å². The van der Waals surface area contributed by atoms with Gasteiger partial charge in [0.25, 0.3) is 0 Å². The van der Waals surface area contributed by atoms with Gasteiger partial charge in [0, 0.05) is 6.20 Å². The molecule has 0 aliphatic carbocycles. The molecule has 8 heteroatoms. The van der Waals surface area contributed by atoms with E-state index in [2.05, 4.69) is 0 Å². The lowest BCUT2D eigenvalue weighted by molar-refractivity contribution is 0.00578. The second kappa shape index (κ2) is 7.32. The normalized spacial score (nSPS) is 18.4. The average Bonchev–Trinajstić information content (AvgIpc) is 3.01. The van der Waals surface area contributed by atoms with Gasteiger partial charge in [0.2, 0.25) is 0 Å². The molecule has 2 rings (SSSR count). The average molecular weight is 379 g/mol. The van der Waals surface area contributed by atoms with Crippen LogP contribution in [0.4, 0.5) is 4.79 Å². The summed E-state index contributed by atoms with van der Waals surface area (Å²) in [6, 6.07) is 1.64. The summed E-state index contributed by atoms with van der Waals surface area (Å²) < 4.78 is 23.3. The molecule has 1 aliphatic rings. The topological polar surface area (TPSA) is 76.0 Å². The summed E-state index contributed by atoms with van der Waals surface area (Å²) >= 11 is 0. The first-order valence-corrected chi connectivity index (χ1v) is 9.14. The summed E-state index contributed by atoms with van der Waals surface area (Å²) in [5, 5.41) is 0. The molecule has 1 fully saturated rings. The third kappa shape index (κ3) is 4.93. The van der Waals surface area contributed by atoms with Gasteiger partial charge in [0.1, 0.15) is 11.3 Å². The van der Waals surface area contributed by atoms with Crippen molar-refractivity contribution in [2.45, 2.75) is 78.0 Å². The second-order valence-corrected chi connectivity index (χ2v) is 8.80. The Morgan fingerprint density at radius 2 is 1.70 bits per heavy atom. The summed E-state index contributed by atoms with van der Waals surface area (Å²) in [5.74, 6) is -0.595. The van der Waals surface area contributed by atoms with Crippen LogP contribution in [0.3, 0.4) is 0 Å². The van der Waals surface area contributed by atoms with Crippen LogP contribution in [0, 0.1) is 0 Å². The number of nitrogens with zero attached hydrogens (tertiary/aromatic N) is 1. The van der Waals surface area contributed by atoms with Crippen molar-refractivity contribution < 1.29 is 28.4 Å². The van der Waals surface area contributed by atoms with Crippen molar-refractivity contribution in [2.24, 2.45) is 0 Å². The first-order valence-electron chi connectivity index (χ1n) is 9.14. The minimum Gasteiger partial charge on any atom is -0.464 e. The highest BCUT2D eigenvalue weighted by Gasteiger charge is 2.50. The Hall–Kier alpha value is -1.80. The van der Waals surface area contributed by atoms with E-state index in [1.807, 2.05) is 27.7 Å². The minimum atomic E-state index is -0.669. The lowest BCUT2D eigenvalue weighted by Gasteiger charge is -2.32. The van der Waals surface area contributed by atoms with Gasteiger partial charge in [-0.1, -0.05) is 0 Å². The monoisotopic (exact) mass is 379 g/mol. The number of methoxy groups -OCH3 is 1. The first kappa shape index (κ1) is 21.5. The molecule has 1 aromatic heterocycles. The molecule has 1 aromatic rings. The van der Waals surface area contributed by atoms with Crippen LogP contribution in [0.15, 0.2) is 12.3 Å². The number of aromatic nitrogens is 1. The lowest BCUT2D eigenvalue weighted by atomic mass is 9.82. The van der Waals surface area contributed by atoms with Gasteiger partial charge in [-0.05, 0) is 72.8 Å². The van der Waals surface area contributed by atoms with E-state index >= 15 is 0 Å². The van der Waals surface area contributed by atoms with E-state index in [-0.39, 0.29) is 12.8 Å². The molecule has 0 amide bonds. The third-order valence-corrected chi connectivity index (χ3v) is 4.83. The standard InChI is InChI=1S/C19H30BNO6/c1-17(2,3)25-16(23)21-12-13(11-14(21)15(22)24-8)9-10-20-26-18(4,5)19(6,7)27-20/h11-12H,9-10H2,1-8H3. The van der Waals surface area contributed by atoms with Gasteiger partial charge >= 0.3 is 19.2 Å². The van der Waals surface area contributed by atoms with Crippen molar-refractivity contribution >= 4 is 19.2 Å². The third-order valence-electron chi connectivity index (χ3n) is 4.83. The van der Waals surface area contributed by atoms with Crippen LogP contribution >= 0.6 is 0 Å². The van der Waals surface area contributed by atoms with Crippen LogP contribution in [-0.4, -0.2) is 47.7 Å². The first-order chi connectivity index (χ1) is 12.3. The Morgan fingerprint density at radius 1 is 1.15 bits per heavy atom. The summed E-state index contributed by atoms with van der Waals surface area (Å²) in [6.07, 6.45) is 2.17. The van der Waals surface area contributed by atoms with Gasteiger partial charge in [-0.3, -0.25) is 0 Å². The van der Waals surface area contributed by atoms with Crippen molar-refractivity contribution in [3.8, 4) is 0 Å². The van der Waals surface area contributed by atoms with Crippen molar-refractivity contribution in [3.05, 3.63) is 23.5 Å². The highest BCUT2D eigenvalue weighted by molar-refractivity contribution is 6.45. The molecule has 7 nitrogen and oxygen atoms in total. The van der Waals surface area contributed by atoms with Gasteiger partial charge < -0.3 is 18.8 Å². The molecule has 0 bridgehead atoms. The molecule has 1 aliphatic heterocycles. The van der Waals surface area contributed by atoms with Crippen LogP contribution in [0.2, 0.25) is 6.32 Å². The number of carbonyl (C=O) groups excluding carboxylic acids is 2. The Labute approximate surface area is 161 Å². The lowest BCUT2D eigenvalue weighted by Crippen LogP contribution is -2.41. The van der Waals surface area contributed by atoms with Crippen LogP contribution in [-0.2, 0) is 25.2 Å². The van der Waals surface area contributed by atoms with E-state index in [0.717, 1.165) is 5.56 Å². The largest absolute Gasteiger partial charge is 0.464 e. The zero-order valence-electron chi connectivity index (χ0n) is 17.5. The molecule has 0 N–H and O–H groups in total. The van der Waals surface area contributed by atoms with E-state index in [0.29, 0.717) is 12.7 Å². The molecular formula is C19H30BNO6. The quantitative estimate of drug-likeness (QED) is 0.587. The molecule has 150 valence electrons. The highest BCUT2D eigenvalue weighted by atomic mass is 16.7. The molecule has 0 aromatic carbocycles. The maximum atomic E-state index is 12.4. The molecule has 2 heterocycles. The smallest absolute Gasteiger partial charge is 0.458 e. The maximum absolute atomic E-state index is 12.4. The molecule has 0 spiro atoms. The number of aryl methyl sites for hydroxylation is 1. The Balaban J connectivity index is 2.14. The van der Waals surface area contributed by atoms with Crippen LogP contribution in [0.25, 0.3) is 0 Å². The van der Waals surface area contributed by atoms with Gasteiger partial charge in [-0.2, -0.15) is 0 Å². The van der Waals surface area contributed by atoms with Gasteiger partial charge in [-0.15, -0.1) is 0 Å². The van der Waals surface area contributed by atoms with E-state index in [1.54, 1.807) is 33.0 Å². The summed E-state index contributed by atoms with van der Waals surface area (Å²) in [4.78, 5) is 24.5. The minimum absolute atomic E-state index is 0.135. The molecule has 1 saturated heterocycles. The van der Waals surface area contributed by atoms with Crippen molar-refractivity contribution in [2.75, 3.05) is 7.11 Å². The van der Waals surface area contributed by atoms with Crippen molar-refractivity contribution in [1.29, 1.82) is 0 Å². The van der Waals surface area contributed by atoms with Crippen LogP contribution < -0.4 is 0 Å². The highest BCUT2D eigenvalue weighted by Crippen LogP contribution is 2.38. The fourth-order valence-corrected chi connectivity index (χ4v) is 2.75. The number of hydrogen-bond acceptors (Lipinski definition) is 6. The number of carbonyl (C=O) groups is 2. The Morgan fingerprint density at radius 3 is 2.19 bits per heavy atom. The fourth-order valence-electron chi connectivity index (χ4n) is 2.75. The molecular weight excluding hydrogens is 349 g/mol. The molecule has 0 radical (unpaired) electrons. The summed E-state index contributed by atoms with van der Waals surface area (Å²) in [7, 11) is 0.931. The fraction of sp³-hybridized carbons (Fsp3) is 0.684. The predicted molar refractivity (Wildman–Crippen MR) is 102 cm³/mol. The number of hydrogen-bond donors (Lipinski definition) is 0. The van der Waals surface area contributed by atoms with Crippen LogP contribution in [0.1, 0.15) is 64.5 Å².